The molecule has 2 unspecified atom stereocenters. The van der Waals surface area contributed by atoms with E-state index in [0.29, 0.717) is 66.0 Å². The van der Waals surface area contributed by atoms with Gasteiger partial charge in [-0.25, -0.2) is 0 Å². The Bertz CT molecular complexity index is 2030. The SMILES string of the molecule is CCCC(=O)Oc1c(C)c(C)cc2c1[C@H]1C3Cc4c(O)c(C)c5c(c4[C@H](CNC(=O)C(C)NC(=O)CCc4ccccc4)N3[C@@H](C#N)[C@H](C2)N1C)OCO5.[Ac]. The quantitative estimate of drug-likeness (QED) is 0.191. The molecule has 0 saturated carbocycles. The van der Waals surface area contributed by atoms with Gasteiger partial charge in [-0.3, -0.25) is 24.2 Å². The Morgan fingerprint density at radius 2 is 1.76 bits per heavy atom. The molecule has 7 rings (SSSR count). The van der Waals surface area contributed by atoms with Crippen LogP contribution in [-0.4, -0.2) is 77.2 Å². The number of fused-ring (bicyclic) bond motifs is 9. The number of phenols is 1. The molecule has 55 heavy (non-hydrogen) atoms. The molecule has 12 nitrogen and oxygen atoms in total. The van der Waals surface area contributed by atoms with E-state index in [4.69, 9.17) is 14.2 Å². The normalized spacial score (nSPS) is 22.5. The van der Waals surface area contributed by atoms with E-state index in [2.05, 4.69) is 32.6 Å². The van der Waals surface area contributed by atoms with Crippen molar-refractivity contribution in [1.82, 2.24) is 20.4 Å². The fourth-order valence-corrected chi connectivity index (χ4v) is 9.02. The second-order valence-corrected chi connectivity index (χ2v) is 15.1. The Kier molecular flexibility index (Phi) is 12.5. The minimum atomic E-state index is -0.819. The molecule has 13 heteroatoms. The number of nitriles is 1. The van der Waals surface area contributed by atoms with Crippen molar-refractivity contribution in [3.05, 3.63) is 80.9 Å². The number of phenolic OH excluding ortho intramolecular Hbond substituents is 1. The van der Waals surface area contributed by atoms with Gasteiger partial charge in [-0.15, -0.1) is 0 Å². The summed E-state index contributed by atoms with van der Waals surface area (Å²) < 4.78 is 18.1. The maximum Gasteiger partial charge on any atom is 0.311 e. The van der Waals surface area contributed by atoms with Crippen LogP contribution in [-0.2, 0) is 33.6 Å². The molecule has 6 atom stereocenters. The van der Waals surface area contributed by atoms with Crippen LogP contribution in [0.3, 0.4) is 0 Å². The number of carbonyl (C=O) groups is 3. The van der Waals surface area contributed by atoms with Crippen molar-refractivity contribution in [3.8, 4) is 29.1 Å². The fourth-order valence-electron chi connectivity index (χ4n) is 9.02. The number of nitrogens with zero attached hydrogens (tertiary/aromatic N) is 3. The van der Waals surface area contributed by atoms with Crippen molar-refractivity contribution >= 4 is 17.8 Å². The average molecular weight is 963 g/mol. The van der Waals surface area contributed by atoms with Crippen LogP contribution in [0, 0.1) is 76.2 Å². The summed E-state index contributed by atoms with van der Waals surface area (Å²) in [6.07, 6.45) is 2.67. The number of aryl methyl sites for hydroxylation is 2. The zero-order chi connectivity index (χ0) is 38.4. The number of amides is 2. The van der Waals surface area contributed by atoms with E-state index >= 15 is 0 Å². The van der Waals surface area contributed by atoms with E-state index in [0.717, 1.165) is 27.8 Å². The third kappa shape index (κ3) is 7.48. The molecule has 0 spiro atoms. The van der Waals surface area contributed by atoms with E-state index < -0.39 is 18.1 Å². The zero-order valence-corrected chi connectivity index (χ0v) is 37.1. The number of esters is 1. The monoisotopic (exact) mass is 962 g/mol. The minimum absolute atomic E-state index is 0. The first-order chi connectivity index (χ1) is 25.9. The van der Waals surface area contributed by atoms with Gasteiger partial charge in [-0.05, 0) is 82.7 Å². The van der Waals surface area contributed by atoms with Crippen LogP contribution < -0.4 is 24.8 Å². The molecule has 2 bridgehead atoms. The average Bonchev–Trinajstić information content (AvgIpc) is 3.65. The number of ether oxygens (including phenoxy) is 3. The molecule has 287 valence electrons. The summed E-state index contributed by atoms with van der Waals surface area (Å²) in [5.74, 6) is 0.704. The Balaban J connectivity index is 0.00000514. The summed E-state index contributed by atoms with van der Waals surface area (Å²) >= 11 is 0. The summed E-state index contributed by atoms with van der Waals surface area (Å²) in [5, 5.41) is 28.7. The van der Waals surface area contributed by atoms with E-state index in [-0.39, 0.29) is 105 Å². The second kappa shape index (κ2) is 16.8. The van der Waals surface area contributed by atoms with Gasteiger partial charge in [-0.1, -0.05) is 43.3 Å². The van der Waals surface area contributed by atoms with Crippen LogP contribution in [0.15, 0.2) is 36.4 Å². The van der Waals surface area contributed by atoms with Crippen LogP contribution in [0.1, 0.15) is 89.7 Å². The smallest absolute Gasteiger partial charge is 0.311 e. The Labute approximate surface area is 358 Å². The predicted molar refractivity (Wildman–Crippen MR) is 200 cm³/mol. The fraction of sp³-hybridized carbons (Fsp3) is 0.476. The third-order valence-electron chi connectivity index (χ3n) is 11.8. The molecule has 1 radical (unpaired) electrons. The third-order valence-corrected chi connectivity index (χ3v) is 11.8. The van der Waals surface area contributed by atoms with Gasteiger partial charge in [-0.2, -0.15) is 5.26 Å². The van der Waals surface area contributed by atoms with Crippen LogP contribution in [0.4, 0.5) is 0 Å². The number of hydrogen-bond acceptors (Lipinski definition) is 10. The molecule has 1 saturated heterocycles. The summed E-state index contributed by atoms with van der Waals surface area (Å²) in [6, 6.07) is 11.6. The number of piperazine rings is 1. The number of nitrogens with one attached hydrogen (secondary N) is 2. The molecule has 4 aliphatic heterocycles. The van der Waals surface area contributed by atoms with Crippen molar-refractivity contribution in [1.29, 1.82) is 5.26 Å². The predicted octanol–water partition coefficient (Wildman–Crippen LogP) is 4.78. The first kappa shape index (κ1) is 41.0. The summed E-state index contributed by atoms with van der Waals surface area (Å²) in [6.45, 7) is 9.43. The Morgan fingerprint density at radius 3 is 2.47 bits per heavy atom. The van der Waals surface area contributed by atoms with Gasteiger partial charge in [0.2, 0.25) is 18.6 Å². The standard InChI is InChI=1S/C42H49N5O7.Ac/c1-7-11-34(49)54-39-23(3)22(2)16-27-17-29-31(19-43)47-30(37(35(27)39)46(29)6)18-28-36(41-40(52-21-53-41)24(4)38(28)50)32(47)20-44-42(51)25(5)45-33(48)15-14-26-12-9-8-10-13-26;/h8-10,12-13,16,25,29-32,37,50H,7,11,14-15,17-18,20-21H2,1-6H3,(H,44,51)(H,45,48);/t25?,29-,30?,31-,32-,37+;/m0./s1. The molecule has 1 fully saturated rings. The van der Waals surface area contributed by atoms with Crippen LogP contribution in [0.25, 0.3) is 0 Å². The molecule has 3 aromatic rings. The van der Waals surface area contributed by atoms with Crippen LogP contribution in [0.5, 0.6) is 23.0 Å². The Morgan fingerprint density at radius 1 is 1.04 bits per heavy atom. The van der Waals surface area contributed by atoms with E-state index in [1.807, 2.05) is 58.2 Å². The van der Waals surface area contributed by atoms with Crippen molar-refractivity contribution in [2.45, 2.75) is 109 Å². The molecule has 3 N–H and O–H groups in total. The van der Waals surface area contributed by atoms with Gasteiger partial charge >= 0.3 is 5.97 Å². The molecule has 3 aromatic carbocycles. The maximum atomic E-state index is 13.7. The number of aromatic hydroxyl groups is 1. The number of likely N-dealkylation sites (N-methyl/N-ethyl adjacent to an activating group) is 1. The largest absolute Gasteiger partial charge is 0.507 e. The number of benzene rings is 3. The number of hydrogen-bond donors (Lipinski definition) is 3. The van der Waals surface area contributed by atoms with Gasteiger partial charge in [0.1, 0.15) is 23.6 Å². The summed E-state index contributed by atoms with van der Waals surface area (Å²) in [4.78, 5) is 44.0. The molecule has 0 aromatic heterocycles. The zero-order valence-electron chi connectivity index (χ0n) is 32.4. The van der Waals surface area contributed by atoms with Crippen molar-refractivity contribution < 1.29 is 77.8 Å². The van der Waals surface area contributed by atoms with Crippen molar-refractivity contribution in [3.63, 3.8) is 0 Å². The van der Waals surface area contributed by atoms with Crippen LogP contribution in [0.2, 0.25) is 0 Å². The number of carbonyl (C=O) groups excluding carboxylic acids is 3. The van der Waals surface area contributed by atoms with Crippen molar-refractivity contribution in [2.75, 3.05) is 20.4 Å². The van der Waals surface area contributed by atoms with Gasteiger partial charge in [0, 0.05) is 97.8 Å². The minimum Gasteiger partial charge on any atom is -0.507 e. The van der Waals surface area contributed by atoms with E-state index in [1.54, 1.807) is 13.8 Å². The Hall–Kier alpha value is -3.68. The molecule has 0 aliphatic carbocycles. The van der Waals surface area contributed by atoms with E-state index in [1.165, 1.54) is 0 Å². The topological polar surface area (TPSA) is 153 Å². The first-order valence-electron chi connectivity index (χ1n) is 18.9. The van der Waals surface area contributed by atoms with Gasteiger partial charge in [0.05, 0.1) is 18.2 Å². The maximum absolute atomic E-state index is 13.7. The van der Waals surface area contributed by atoms with Crippen LogP contribution >= 0.6 is 0 Å². The molecular formula is C42H49AcN5O7. The van der Waals surface area contributed by atoms with Gasteiger partial charge < -0.3 is 30.0 Å². The summed E-state index contributed by atoms with van der Waals surface area (Å²) in [5.41, 5.74) is 6.82. The molecular weight excluding hydrogens is 913 g/mol. The molecule has 2 amide bonds. The summed E-state index contributed by atoms with van der Waals surface area (Å²) in [7, 11) is 2.02. The molecule has 4 aliphatic rings. The van der Waals surface area contributed by atoms with E-state index in [9.17, 15) is 24.8 Å². The first-order valence-corrected chi connectivity index (χ1v) is 18.9. The van der Waals surface area contributed by atoms with Gasteiger partial charge in [0.15, 0.2) is 11.5 Å². The number of rotatable bonds is 10. The van der Waals surface area contributed by atoms with Gasteiger partial charge in [0.25, 0.3) is 0 Å². The molecule has 4 heterocycles. The van der Waals surface area contributed by atoms with Crippen molar-refractivity contribution in [2.24, 2.45) is 0 Å². The second-order valence-electron chi connectivity index (χ2n) is 15.1.